The number of halogens is 3. The zero-order chi connectivity index (χ0) is 9.14. The van der Waals surface area contributed by atoms with Crippen LogP contribution in [0.5, 0.6) is 0 Å². The quantitative estimate of drug-likeness (QED) is 0.739. The van der Waals surface area contributed by atoms with E-state index < -0.39 is 5.82 Å². The number of benzene rings is 1. The van der Waals surface area contributed by atoms with Gasteiger partial charge in [-0.1, -0.05) is 27.5 Å². The van der Waals surface area contributed by atoms with Gasteiger partial charge < -0.3 is 4.79 Å². The van der Waals surface area contributed by atoms with Crippen LogP contribution in [0.2, 0.25) is 5.02 Å². The van der Waals surface area contributed by atoms with Crippen molar-refractivity contribution in [1.82, 2.24) is 0 Å². The topological polar surface area (TPSA) is 17.1 Å². The maximum absolute atomic E-state index is 12.6. The summed E-state index contributed by atoms with van der Waals surface area (Å²) in [5.41, 5.74) is 0.619. The molecule has 1 rings (SSSR count). The van der Waals surface area contributed by atoms with Crippen molar-refractivity contribution in [2.75, 3.05) is 0 Å². The predicted octanol–water partition coefficient (Wildman–Crippen LogP) is 2.98. The lowest BCUT2D eigenvalue weighted by molar-refractivity contribution is -0.107. The molecule has 0 saturated carbocycles. The van der Waals surface area contributed by atoms with E-state index in [4.69, 9.17) is 11.6 Å². The van der Waals surface area contributed by atoms with E-state index in [0.29, 0.717) is 10.0 Å². The minimum Gasteiger partial charge on any atom is -0.303 e. The van der Waals surface area contributed by atoms with Crippen LogP contribution in [0.25, 0.3) is 0 Å². The van der Waals surface area contributed by atoms with E-state index in [1.807, 2.05) is 0 Å². The van der Waals surface area contributed by atoms with Gasteiger partial charge in [0.25, 0.3) is 0 Å². The third-order valence-corrected chi connectivity index (χ3v) is 2.44. The Bertz CT molecular complexity index is 291. The first-order valence-corrected chi connectivity index (χ1v) is 4.39. The number of aldehydes is 1. The van der Waals surface area contributed by atoms with Crippen molar-refractivity contribution < 1.29 is 9.18 Å². The predicted molar refractivity (Wildman–Crippen MR) is 48.9 cm³/mol. The van der Waals surface area contributed by atoms with Crippen LogP contribution in [-0.2, 0) is 11.2 Å². The molecule has 0 aliphatic rings. The van der Waals surface area contributed by atoms with Crippen molar-refractivity contribution in [1.29, 1.82) is 0 Å². The highest BCUT2D eigenvalue weighted by Gasteiger charge is 2.06. The van der Waals surface area contributed by atoms with Crippen molar-refractivity contribution in [3.8, 4) is 0 Å². The molecule has 12 heavy (non-hydrogen) atoms. The summed E-state index contributed by atoms with van der Waals surface area (Å²) in [7, 11) is 0. The minimum atomic E-state index is -0.415. The van der Waals surface area contributed by atoms with E-state index in [-0.39, 0.29) is 11.4 Å². The molecular formula is C8H5BrClFO. The van der Waals surface area contributed by atoms with Crippen LogP contribution < -0.4 is 0 Å². The van der Waals surface area contributed by atoms with Gasteiger partial charge in [0, 0.05) is 15.9 Å². The summed E-state index contributed by atoms with van der Waals surface area (Å²) >= 11 is 8.80. The first-order valence-electron chi connectivity index (χ1n) is 3.22. The van der Waals surface area contributed by atoms with Gasteiger partial charge in [0.1, 0.15) is 12.1 Å². The number of rotatable bonds is 2. The maximum atomic E-state index is 12.6. The Morgan fingerprint density at radius 1 is 1.58 bits per heavy atom. The molecule has 0 amide bonds. The molecule has 1 aromatic rings. The van der Waals surface area contributed by atoms with Crippen molar-refractivity contribution in [2.45, 2.75) is 6.42 Å². The molecule has 0 aliphatic carbocycles. The second kappa shape index (κ2) is 4.01. The van der Waals surface area contributed by atoms with Crippen LogP contribution in [0.1, 0.15) is 5.56 Å². The van der Waals surface area contributed by atoms with Crippen molar-refractivity contribution in [3.05, 3.63) is 33.0 Å². The summed E-state index contributed by atoms with van der Waals surface area (Å²) < 4.78 is 13.2. The molecule has 64 valence electrons. The Morgan fingerprint density at radius 3 is 2.75 bits per heavy atom. The molecule has 0 atom stereocenters. The Labute approximate surface area is 82.7 Å². The molecule has 0 aromatic heterocycles. The molecule has 0 aliphatic heterocycles. The highest BCUT2D eigenvalue weighted by Crippen LogP contribution is 2.26. The van der Waals surface area contributed by atoms with Crippen molar-refractivity contribution >= 4 is 33.8 Å². The van der Waals surface area contributed by atoms with E-state index >= 15 is 0 Å². The smallest absolute Gasteiger partial charge is 0.125 e. The van der Waals surface area contributed by atoms with Gasteiger partial charge in [-0.05, 0) is 17.7 Å². The number of carbonyl (C=O) groups is 1. The molecule has 0 bridgehead atoms. The normalized spacial score (nSPS) is 9.92. The molecule has 4 heteroatoms. The largest absolute Gasteiger partial charge is 0.303 e. The van der Waals surface area contributed by atoms with Gasteiger partial charge in [0.15, 0.2) is 0 Å². The summed E-state index contributed by atoms with van der Waals surface area (Å²) in [5, 5.41) is 0.272. The zero-order valence-electron chi connectivity index (χ0n) is 5.98. The molecule has 0 heterocycles. The monoisotopic (exact) mass is 250 g/mol. The van der Waals surface area contributed by atoms with Crippen LogP contribution in [0, 0.1) is 5.82 Å². The SMILES string of the molecule is O=CCc1c(Cl)cc(F)cc1Br. The van der Waals surface area contributed by atoms with Crippen LogP contribution in [0.4, 0.5) is 4.39 Å². The fraction of sp³-hybridized carbons (Fsp3) is 0.125. The third-order valence-electron chi connectivity index (χ3n) is 1.39. The summed E-state index contributed by atoms with van der Waals surface area (Å²) in [5.74, 6) is -0.415. The van der Waals surface area contributed by atoms with E-state index in [1.165, 1.54) is 12.1 Å². The zero-order valence-corrected chi connectivity index (χ0v) is 8.32. The molecule has 0 spiro atoms. The van der Waals surface area contributed by atoms with Crippen LogP contribution in [0.3, 0.4) is 0 Å². The molecule has 0 radical (unpaired) electrons. The van der Waals surface area contributed by atoms with E-state index in [0.717, 1.165) is 6.29 Å². The number of hydrogen-bond donors (Lipinski definition) is 0. The summed E-state index contributed by atoms with van der Waals surface area (Å²) in [6.45, 7) is 0. The fourth-order valence-electron chi connectivity index (χ4n) is 0.850. The van der Waals surface area contributed by atoms with Crippen LogP contribution >= 0.6 is 27.5 Å². The number of hydrogen-bond acceptors (Lipinski definition) is 1. The fourth-order valence-corrected chi connectivity index (χ4v) is 1.84. The van der Waals surface area contributed by atoms with Gasteiger partial charge in [0.2, 0.25) is 0 Å². The Hall–Kier alpha value is -0.410. The first kappa shape index (κ1) is 9.68. The van der Waals surface area contributed by atoms with Gasteiger partial charge >= 0.3 is 0 Å². The van der Waals surface area contributed by atoms with Gasteiger partial charge in [-0.25, -0.2) is 4.39 Å². The molecule has 1 nitrogen and oxygen atoms in total. The van der Waals surface area contributed by atoms with Crippen molar-refractivity contribution in [3.63, 3.8) is 0 Å². The Balaban J connectivity index is 3.18. The standard InChI is InChI=1S/C8H5BrClFO/c9-7-3-5(11)4-8(10)6(7)1-2-12/h2-4H,1H2. The third kappa shape index (κ3) is 2.05. The van der Waals surface area contributed by atoms with Crippen molar-refractivity contribution in [2.24, 2.45) is 0 Å². The minimum absolute atomic E-state index is 0.194. The summed E-state index contributed by atoms with van der Waals surface area (Å²) in [6.07, 6.45) is 0.920. The van der Waals surface area contributed by atoms with Gasteiger partial charge in [0.05, 0.1) is 0 Å². The first-order chi connectivity index (χ1) is 5.65. The second-order valence-corrected chi connectivity index (χ2v) is 3.48. The number of carbonyl (C=O) groups excluding carboxylic acids is 1. The Morgan fingerprint density at radius 2 is 2.25 bits per heavy atom. The average molecular weight is 251 g/mol. The summed E-state index contributed by atoms with van der Waals surface area (Å²) in [4.78, 5) is 10.2. The second-order valence-electron chi connectivity index (χ2n) is 2.22. The lowest BCUT2D eigenvalue weighted by Crippen LogP contribution is -1.90. The lowest BCUT2D eigenvalue weighted by atomic mass is 10.2. The van der Waals surface area contributed by atoms with Gasteiger partial charge in [-0.15, -0.1) is 0 Å². The Kier molecular flexibility index (Phi) is 3.23. The van der Waals surface area contributed by atoms with Crippen LogP contribution in [0.15, 0.2) is 16.6 Å². The van der Waals surface area contributed by atoms with Gasteiger partial charge in [-0.2, -0.15) is 0 Å². The summed E-state index contributed by atoms with van der Waals surface area (Å²) in [6, 6.07) is 2.47. The van der Waals surface area contributed by atoms with Crippen LogP contribution in [-0.4, -0.2) is 6.29 Å². The lowest BCUT2D eigenvalue weighted by Gasteiger charge is -2.02. The maximum Gasteiger partial charge on any atom is 0.125 e. The highest BCUT2D eigenvalue weighted by atomic mass is 79.9. The molecule has 0 saturated heterocycles. The molecule has 1 aromatic carbocycles. The van der Waals surface area contributed by atoms with E-state index in [9.17, 15) is 9.18 Å². The van der Waals surface area contributed by atoms with E-state index in [2.05, 4.69) is 15.9 Å². The average Bonchev–Trinajstić information content (AvgIpc) is 1.96. The molecule has 0 unspecified atom stereocenters. The molecule has 0 N–H and O–H groups in total. The molecule has 0 fully saturated rings. The molecular weight excluding hydrogens is 246 g/mol. The van der Waals surface area contributed by atoms with Gasteiger partial charge in [-0.3, -0.25) is 0 Å². The highest BCUT2D eigenvalue weighted by molar-refractivity contribution is 9.10. The van der Waals surface area contributed by atoms with E-state index in [1.54, 1.807) is 0 Å².